The van der Waals surface area contributed by atoms with Gasteiger partial charge in [-0.05, 0) is 73.0 Å². The number of hydrogen-bond acceptors (Lipinski definition) is 2. The van der Waals surface area contributed by atoms with Crippen LogP contribution in [0.25, 0.3) is 5.70 Å². The predicted molar refractivity (Wildman–Crippen MR) is 166 cm³/mol. The molecule has 0 saturated heterocycles. The molecule has 3 aromatic rings. The normalized spacial score (nSPS) is 12.4. The molecular weight excluding hydrogens is 507 g/mol. The Bertz CT molecular complexity index is 1240. The largest absolute Gasteiger partial charge is 0.344 e. The average molecular weight is 547 g/mol. The first-order valence-corrected chi connectivity index (χ1v) is 13.9. The molecule has 0 aliphatic heterocycles. The van der Waals surface area contributed by atoms with Crippen LogP contribution in [0.1, 0.15) is 68.9 Å². The van der Waals surface area contributed by atoms with Crippen LogP contribution < -0.4 is 5.32 Å². The molecule has 0 fully saturated rings. The third-order valence-corrected chi connectivity index (χ3v) is 6.41. The van der Waals surface area contributed by atoms with Crippen LogP contribution in [0.3, 0.4) is 0 Å². The van der Waals surface area contributed by atoms with Crippen molar-refractivity contribution in [1.29, 1.82) is 0 Å². The molecule has 0 aliphatic rings. The van der Waals surface area contributed by atoms with Gasteiger partial charge in [-0.2, -0.15) is 0 Å². The SMILES string of the molecule is C=C/C=C(\N=C(Nc1ccc(C(=O)C(C)C)cc1)C(C)CC)c1ccc(Cl)cc1.CCCc1ccc(F)cc1. The number of benzene rings is 3. The van der Waals surface area contributed by atoms with E-state index in [1.807, 2.05) is 80.6 Å². The highest BCUT2D eigenvalue weighted by atomic mass is 35.5. The zero-order chi connectivity index (χ0) is 28.8. The Hall–Kier alpha value is -3.50. The first-order valence-electron chi connectivity index (χ1n) is 13.5. The van der Waals surface area contributed by atoms with Crippen molar-refractivity contribution >= 4 is 34.6 Å². The smallest absolute Gasteiger partial charge is 0.165 e. The molecule has 1 atom stereocenters. The van der Waals surface area contributed by atoms with Gasteiger partial charge in [0, 0.05) is 33.7 Å². The van der Waals surface area contributed by atoms with Crippen molar-refractivity contribution in [1.82, 2.24) is 0 Å². The third kappa shape index (κ3) is 10.6. The number of carbonyl (C=O) groups is 1. The second kappa shape index (κ2) is 16.5. The number of allylic oxidation sites excluding steroid dienone is 2. The Balaban J connectivity index is 0.000000446. The minimum absolute atomic E-state index is 0.0166. The average Bonchev–Trinajstić information content (AvgIpc) is 2.94. The number of nitrogens with one attached hydrogen (secondary N) is 1. The molecule has 1 N–H and O–H groups in total. The Kier molecular flexibility index (Phi) is 13.4. The molecule has 206 valence electrons. The number of rotatable bonds is 10. The molecule has 1 unspecified atom stereocenters. The molecule has 0 bridgehead atoms. The Morgan fingerprint density at radius 3 is 2.05 bits per heavy atom. The summed E-state index contributed by atoms with van der Waals surface area (Å²) in [4.78, 5) is 17.1. The number of carbonyl (C=O) groups excluding carboxylic acids is 1. The van der Waals surface area contributed by atoms with E-state index in [1.165, 1.54) is 17.7 Å². The van der Waals surface area contributed by atoms with Crippen LogP contribution in [0.2, 0.25) is 5.02 Å². The molecular formula is C34H40ClFN2O. The summed E-state index contributed by atoms with van der Waals surface area (Å²) in [5.74, 6) is 1.06. The molecule has 0 heterocycles. The van der Waals surface area contributed by atoms with Gasteiger partial charge >= 0.3 is 0 Å². The number of anilines is 1. The fraction of sp³-hybridized carbons (Fsp3) is 0.294. The van der Waals surface area contributed by atoms with Crippen LogP contribution in [-0.2, 0) is 6.42 Å². The van der Waals surface area contributed by atoms with E-state index in [0.29, 0.717) is 5.02 Å². The first-order chi connectivity index (χ1) is 18.7. The fourth-order valence-electron chi connectivity index (χ4n) is 3.65. The van der Waals surface area contributed by atoms with Crippen molar-refractivity contribution in [3.05, 3.63) is 119 Å². The number of Topliss-reactive ketones (excluding diaryl/α,β-unsaturated/α-hetero) is 1. The number of amidine groups is 1. The number of nitrogens with zero attached hydrogens (tertiary/aromatic N) is 1. The predicted octanol–water partition coefficient (Wildman–Crippen LogP) is 10.0. The summed E-state index contributed by atoms with van der Waals surface area (Å²) in [6.07, 6.45) is 6.72. The minimum atomic E-state index is -0.153. The molecule has 0 amide bonds. The summed E-state index contributed by atoms with van der Waals surface area (Å²) in [5, 5.41) is 4.12. The van der Waals surface area contributed by atoms with E-state index in [4.69, 9.17) is 16.6 Å². The lowest BCUT2D eigenvalue weighted by atomic mass is 10.0. The highest BCUT2D eigenvalue weighted by Crippen LogP contribution is 2.22. The zero-order valence-corrected chi connectivity index (χ0v) is 24.4. The third-order valence-electron chi connectivity index (χ3n) is 6.15. The lowest BCUT2D eigenvalue weighted by Crippen LogP contribution is -2.20. The summed E-state index contributed by atoms with van der Waals surface area (Å²) >= 11 is 6.02. The molecule has 3 rings (SSSR count). The van der Waals surface area contributed by atoms with Crippen molar-refractivity contribution in [3.63, 3.8) is 0 Å². The van der Waals surface area contributed by atoms with Gasteiger partial charge in [-0.3, -0.25) is 4.79 Å². The molecule has 0 aliphatic carbocycles. The lowest BCUT2D eigenvalue weighted by molar-refractivity contribution is 0.0939. The van der Waals surface area contributed by atoms with Gasteiger partial charge in [-0.1, -0.05) is 89.6 Å². The van der Waals surface area contributed by atoms with Gasteiger partial charge in [0.2, 0.25) is 0 Å². The molecule has 3 nitrogen and oxygen atoms in total. The molecule has 0 spiro atoms. The first kappa shape index (κ1) is 31.7. The molecule has 0 radical (unpaired) electrons. The Morgan fingerprint density at radius 1 is 0.949 bits per heavy atom. The summed E-state index contributed by atoms with van der Waals surface area (Å²) in [7, 11) is 0. The van der Waals surface area contributed by atoms with Crippen LogP contribution in [0.5, 0.6) is 0 Å². The van der Waals surface area contributed by atoms with Crippen LogP contribution >= 0.6 is 11.6 Å². The van der Waals surface area contributed by atoms with Gasteiger partial charge in [0.05, 0.1) is 5.70 Å². The van der Waals surface area contributed by atoms with Crippen LogP contribution in [0.4, 0.5) is 10.1 Å². The zero-order valence-electron chi connectivity index (χ0n) is 23.7. The van der Waals surface area contributed by atoms with Crippen LogP contribution in [0.15, 0.2) is 96.5 Å². The van der Waals surface area contributed by atoms with Gasteiger partial charge in [0.1, 0.15) is 11.7 Å². The Labute approximate surface area is 238 Å². The molecule has 0 saturated carbocycles. The van der Waals surface area contributed by atoms with E-state index < -0.39 is 0 Å². The standard InChI is InChI=1S/C25H29ClN2O.C9H11F/c1-6-8-23(19-9-13-21(26)14-10-19)28-25(18(5)7-2)27-22-15-11-20(12-16-22)24(29)17(3)4;1-2-3-8-4-6-9(10)7-5-8/h6,8-18H,1,7H2,2-5H3,(H,27,28);4-7H,2-3H2,1H3/b23-8-;. The van der Waals surface area contributed by atoms with Gasteiger partial charge in [-0.15, -0.1) is 0 Å². The number of aliphatic imine (C=N–C) groups is 1. The molecule has 0 aromatic heterocycles. The van der Waals surface area contributed by atoms with E-state index in [2.05, 4.69) is 32.7 Å². The highest BCUT2D eigenvalue weighted by molar-refractivity contribution is 6.30. The van der Waals surface area contributed by atoms with Gasteiger partial charge in [-0.25, -0.2) is 9.38 Å². The topological polar surface area (TPSA) is 41.5 Å². The maximum absolute atomic E-state index is 12.3. The second-order valence-corrected chi connectivity index (χ2v) is 10.1. The Morgan fingerprint density at radius 2 is 1.54 bits per heavy atom. The van der Waals surface area contributed by atoms with E-state index in [-0.39, 0.29) is 23.4 Å². The lowest BCUT2D eigenvalue weighted by Gasteiger charge is -2.17. The number of ketones is 1. The van der Waals surface area contributed by atoms with E-state index in [0.717, 1.165) is 47.6 Å². The fourth-order valence-corrected chi connectivity index (χ4v) is 3.78. The summed E-state index contributed by atoms with van der Waals surface area (Å²) in [5.41, 5.74) is 4.61. The summed E-state index contributed by atoms with van der Waals surface area (Å²) < 4.78 is 12.3. The number of hydrogen-bond donors (Lipinski definition) is 1. The van der Waals surface area contributed by atoms with Gasteiger partial charge in [0.25, 0.3) is 0 Å². The van der Waals surface area contributed by atoms with E-state index in [9.17, 15) is 9.18 Å². The van der Waals surface area contributed by atoms with E-state index in [1.54, 1.807) is 6.08 Å². The van der Waals surface area contributed by atoms with Crippen molar-refractivity contribution in [2.45, 2.75) is 53.9 Å². The monoisotopic (exact) mass is 546 g/mol. The quantitative estimate of drug-likeness (QED) is 0.119. The van der Waals surface area contributed by atoms with Crippen LogP contribution in [-0.4, -0.2) is 11.6 Å². The summed E-state index contributed by atoms with van der Waals surface area (Å²) in [6.45, 7) is 14.0. The van der Waals surface area contributed by atoms with Crippen LogP contribution in [0, 0.1) is 17.7 Å². The van der Waals surface area contributed by atoms with Gasteiger partial charge in [0.15, 0.2) is 5.78 Å². The van der Waals surface area contributed by atoms with Crippen molar-refractivity contribution in [2.24, 2.45) is 16.8 Å². The maximum Gasteiger partial charge on any atom is 0.165 e. The summed E-state index contributed by atoms with van der Waals surface area (Å²) in [6, 6.07) is 21.8. The van der Waals surface area contributed by atoms with Crippen molar-refractivity contribution in [2.75, 3.05) is 5.32 Å². The maximum atomic E-state index is 12.3. The minimum Gasteiger partial charge on any atom is -0.344 e. The van der Waals surface area contributed by atoms with Crippen molar-refractivity contribution in [3.8, 4) is 0 Å². The molecule has 39 heavy (non-hydrogen) atoms. The molecule has 3 aromatic carbocycles. The highest BCUT2D eigenvalue weighted by Gasteiger charge is 2.13. The van der Waals surface area contributed by atoms with Gasteiger partial charge < -0.3 is 5.32 Å². The molecule has 5 heteroatoms. The van der Waals surface area contributed by atoms with Crippen molar-refractivity contribution < 1.29 is 9.18 Å². The number of aryl methyl sites for hydroxylation is 1. The second-order valence-electron chi connectivity index (χ2n) is 9.70. The van der Waals surface area contributed by atoms with E-state index >= 15 is 0 Å². The number of halogens is 2.